The lowest BCUT2D eigenvalue weighted by atomic mass is 9.93. The van der Waals surface area contributed by atoms with E-state index in [2.05, 4.69) is 60.5 Å². The van der Waals surface area contributed by atoms with Gasteiger partial charge in [-0.05, 0) is 58.5 Å². The second kappa shape index (κ2) is 5.05. The van der Waals surface area contributed by atoms with Crippen LogP contribution in [0, 0.1) is 18.3 Å². The number of hydrogen-bond donors (Lipinski definition) is 0. The van der Waals surface area contributed by atoms with Crippen LogP contribution >= 0.6 is 11.3 Å². The Bertz CT molecular complexity index is 1230. The molecule has 4 aromatic rings. The molecule has 25 heavy (non-hydrogen) atoms. The second-order valence-corrected chi connectivity index (χ2v) is 7.43. The van der Waals surface area contributed by atoms with Crippen molar-refractivity contribution in [3.05, 3.63) is 53.0 Å². The lowest BCUT2D eigenvalue weighted by Gasteiger charge is -2.21. The van der Waals surface area contributed by atoms with Gasteiger partial charge in [0.25, 0.3) is 0 Å². The summed E-state index contributed by atoms with van der Waals surface area (Å²) in [6.07, 6.45) is 2.47. The number of ether oxygens (including phenoxy) is 1. The lowest BCUT2D eigenvalue weighted by molar-refractivity contribution is -0.659. The van der Waals surface area contributed by atoms with Crippen molar-refractivity contribution >= 4 is 32.2 Å². The molecule has 2 aromatic carbocycles. The molecule has 0 atom stereocenters. The highest BCUT2D eigenvalue weighted by Crippen LogP contribution is 2.49. The smallest absolute Gasteiger partial charge is 0.228 e. The van der Waals surface area contributed by atoms with Gasteiger partial charge < -0.3 is 4.74 Å². The van der Waals surface area contributed by atoms with E-state index in [1.165, 1.54) is 26.9 Å². The van der Waals surface area contributed by atoms with E-state index in [-0.39, 0.29) is 0 Å². The largest absolute Gasteiger partial charge is 0.455 e. The molecule has 0 amide bonds. The third kappa shape index (κ3) is 1.93. The summed E-state index contributed by atoms with van der Waals surface area (Å²) >= 11 is 1.73. The minimum atomic E-state index is 0.387. The predicted octanol–water partition coefficient (Wildman–Crippen LogP) is 5.03. The summed E-state index contributed by atoms with van der Waals surface area (Å²) in [5.41, 5.74) is 4.59. The van der Waals surface area contributed by atoms with E-state index in [9.17, 15) is 0 Å². The molecule has 0 aliphatic carbocycles. The average Bonchev–Trinajstić information content (AvgIpc) is 3.06. The highest BCUT2D eigenvalue weighted by atomic mass is 32.1. The third-order valence-electron chi connectivity index (χ3n) is 4.98. The Morgan fingerprint density at radius 1 is 1.20 bits per heavy atom. The summed E-state index contributed by atoms with van der Waals surface area (Å²) in [5, 5.41) is 14.7. The van der Waals surface area contributed by atoms with Crippen LogP contribution in [0.3, 0.4) is 0 Å². The number of pyridine rings is 1. The normalized spacial score (nSPS) is 12.0. The zero-order valence-electron chi connectivity index (χ0n) is 14.0. The van der Waals surface area contributed by atoms with Gasteiger partial charge in [-0.15, -0.1) is 11.3 Å². The summed E-state index contributed by atoms with van der Waals surface area (Å²) in [5.74, 6) is 1.74. The van der Waals surface area contributed by atoms with Crippen LogP contribution in [0.15, 0.2) is 41.9 Å². The number of hydrogen-bond acceptors (Lipinski definition) is 3. The molecule has 4 heteroatoms. The van der Waals surface area contributed by atoms with Gasteiger partial charge in [-0.25, -0.2) is 4.57 Å². The first kappa shape index (κ1) is 14.4. The molecule has 0 radical (unpaired) electrons. The van der Waals surface area contributed by atoms with Crippen LogP contribution in [0.5, 0.6) is 11.5 Å². The van der Waals surface area contributed by atoms with Gasteiger partial charge in [0, 0.05) is 10.8 Å². The van der Waals surface area contributed by atoms with Crippen molar-refractivity contribution in [2.75, 3.05) is 0 Å². The predicted molar refractivity (Wildman–Crippen MR) is 100 cm³/mol. The van der Waals surface area contributed by atoms with Crippen LogP contribution in [-0.4, -0.2) is 0 Å². The maximum atomic E-state index is 9.06. The topological polar surface area (TPSA) is 36.9 Å². The van der Waals surface area contributed by atoms with Gasteiger partial charge in [0.2, 0.25) is 5.69 Å². The van der Waals surface area contributed by atoms with Crippen molar-refractivity contribution in [2.45, 2.75) is 13.3 Å². The Hall–Kier alpha value is -2.90. The van der Waals surface area contributed by atoms with Gasteiger partial charge in [-0.2, -0.15) is 5.26 Å². The highest BCUT2D eigenvalue weighted by molar-refractivity contribution is 7.17. The van der Waals surface area contributed by atoms with Gasteiger partial charge in [0.05, 0.1) is 23.4 Å². The van der Waals surface area contributed by atoms with Gasteiger partial charge in [0.15, 0.2) is 6.20 Å². The SMILES string of the molecule is Cc1c2c(cc3sccc13)Oc1cc(CC#N)cc3cc[n+](C)c-2c13. The first-order valence-electron chi connectivity index (χ1n) is 8.18. The molecule has 1 aliphatic heterocycles. The summed E-state index contributed by atoms with van der Waals surface area (Å²) in [7, 11) is 2.08. The summed E-state index contributed by atoms with van der Waals surface area (Å²) in [4.78, 5) is 0. The Labute approximate surface area is 149 Å². The molecule has 3 nitrogen and oxygen atoms in total. The zero-order valence-corrected chi connectivity index (χ0v) is 14.8. The molecule has 0 fully saturated rings. The summed E-state index contributed by atoms with van der Waals surface area (Å²) < 4.78 is 9.74. The lowest BCUT2D eigenvalue weighted by Crippen LogP contribution is -2.31. The monoisotopic (exact) mass is 343 g/mol. The molecule has 0 spiro atoms. The number of aryl methyl sites for hydroxylation is 2. The number of thiophene rings is 1. The number of rotatable bonds is 1. The van der Waals surface area contributed by atoms with Crippen molar-refractivity contribution in [3.8, 4) is 28.8 Å². The van der Waals surface area contributed by atoms with Crippen molar-refractivity contribution in [1.82, 2.24) is 0 Å². The number of fused-ring (bicyclic) bond motifs is 3. The van der Waals surface area contributed by atoms with Crippen molar-refractivity contribution in [2.24, 2.45) is 7.05 Å². The molecule has 2 aromatic heterocycles. The molecule has 0 N–H and O–H groups in total. The molecular weight excluding hydrogens is 328 g/mol. The van der Waals surface area contributed by atoms with E-state index in [0.717, 1.165) is 27.8 Å². The number of nitrogens with zero attached hydrogens (tertiary/aromatic N) is 2. The van der Waals surface area contributed by atoms with E-state index in [0.29, 0.717) is 6.42 Å². The van der Waals surface area contributed by atoms with Crippen LogP contribution in [-0.2, 0) is 13.5 Å². The maximum Gasteiger partial charge on any atom is 0.228 e. The molecule has 0 bridgehead atoms. The van der Waals surface area contributed by atoms with Crippen LogP contribution < -0.4 is 9.30 Å². The van der Waals surface area contributed by atoms with E-state index in [1.807, 2.05) is 6.07 Å². The minimum Gasteiger partial charge on any atom is -0.455 e. The third-order valence-corrected chi connectivity index (χ3v) is 5.85. The molecule has 0 unspecified atom stereocenters. The Morgan fingerprint density at radius 3 is 2.92 bits per heavy atom. The molecule has 0 saturated carbocycles. The molecule has 120 valence electrons. The second-order valence-electron chi connectivity index (χ2n) is 6.48. The first-order chi connectivity index (χ1) is 12.2. The molecule has 5 rings (SSSR count). The van der Waals surface area contributed by atoms with E-state index in [4.69, 9.17) is 10.00 Å². The van der Waals surface area contributed by atoms with Crippen LogP contribution in [0.25, 0.3) is 32.1 Å². The van der Waals surface area contributed by atoms with Gasteiger partial charge in [0.1, 0.15) is 18.5 Å². The van der Waals surface area contributed by atoms with Crippen LogP contribution in [0.4, 0.5) is 0 Å². The number of nitriles is 1. The fourth-order valence-corrected chi connectivity index (χ4v) is 4.72. The maximum absolute atomic E-state index is 9.06. The van der Waals surface area contributed by atoms with Crippen molar-refractivity contribution in [1.29, 1.82) is 5.26 Å². The van der Waals surface area contributed by atoms with Crippen molar-refractivity contribution in [3.63, 3.8) is 0 Å². The van der Waals surface area contributed by atoms with Crippen molar-refractivity contribution < 1.29 is 9.30 Å². The average molecular weight is 343 g/mol. The van der Waals surface area contributed by atoms with E-state index >= 15 is 0 Å². The Kier molecular flexibility index (Phi) is 2.92. The Balaban J connectivity index is 1.94. The van der Waals surface area contributed by atoms with E-state index in [1.54, 1.807) is 11.3 Å². The molecule has 0 saturated heterocycles. The molecule has 1 aliphatic rings. The summed E-state index contributed by atoms with van der Waals surface area (Å²) in [6, 6.07) is 12.8. The van der Waals surface area contributed by atoms with Gasteiger partial charge >= 0.3 is 0 Å². The minimum absolute atomic E-state index is 0.387. The summed E-state index contributed by atoms with van der Waals surface area (Å²) in [6.45, 7) is 2.17. The van der Waals surface area contributed by atoms with Crippen LogP contribution in [0.2, 0.25) is 0 Å². The van der Waals surface area contributed by atoms with Gasteiger partial charge in [-0.1, -0.05) is 0 Å². The van der Waals surface area contributed by atoms with Crippen LogP contribution in [0.1, 0.15) is 11.1 Å². The zero-order chi connectivity index (χ0) is 17.1. The number of benzene rings is 2. The number of aromatic nitrogens is 1. The fraction of sp³-hybridized carbons (Fsp3) is 0.143. The highest BCUT2D eigenvalue weighted by Gasteiger charge is 2.30. The quantitative estimate of drug-likeness (QED) is 0.400. The van der Waals surface area contributed by atoms with E-state index < -0.39 is 0 Å². The fourth-order valence-electron chi connectivity index (χ4n) is 3.85. The van der Waals surface area contributed by atoms with Gasteiger partial charge in [-0.3, -0.25) is 0 Å². The Morgan fingerprint density at radius 2 is 2.08 bits per heavy atom. The molecular formula is C21H15N2OS+. The molecule has 3 heterocycles. The standard InChI is InChI=1S/C21H15N2OS/c1-12-15-5-8-25-18(15)11-17-19(12)21-20-14(4-7-23(21)2)9-13(3-6-22)10-16(20)24-17/h4-5,7-11H,3H2,1-2H3/q+1. The first-order valence-corrected chi connectivity index (χ1v) is 9.06.